The molecular weight excluding hydrogens is 350 g/mol. The maximum atomic E-state index is 11.7. The van der Waals surface area contributed by atoms with Crippen LogP contribution in [0, 0.1) is 13.8 Å². The van der Waals surface area contributed by atoms with Crippen molar-refractivity contribution in [1.29, 1.82) is 0 Å². The Kier molecular flexibility index (Phi) is 4.56. The third kappa shape index (κ3) is 3.54. The summed E-state index contributed by atoms with van der Waals surface area (Å²) in [6.45, 7) is 4.01. The molecule has 3 nitrogen and oxygen atoms in total. The fourth-order valence-corrected chi connectivity index (χ4v) is 3.39. The van der Waals surface area contributed by atoms with Gasteiger partial charge in [0.1, 0.15) is 0 Å². The predicted molar refractivity (Wildman–Crippen MR) is 89.2 cm³/mol. The van der Waals surface area contributed by atoms with E-state index in [-0.39, 0.29) is 6.04 Å². The molecule has 0 amide bonds. The van der Waals surface area contributed by atoms with Gasteiger partial charge in [0.05, 0.1) is 10.9 Å². The SMILES string of the molecule is Cc1cc(C(N)c2cccc(S(C)(=O)=O)c2)c(C)cc1Br. The van der Waals surface area contributed by atoms with Gasteiger partial charge in [0, 0.05) is 10.7 Å². The number of hydrogen-bond donors (Lipinski definition) is 1. The van der Waals surface area contributed by atoms with Gasteiger partial charge in [0.25, 0.3) is 0 Å². The fourth-order valence-electron chi connectivity index (χ4n) is 2.26. The Labute approximate surface area is 134 Å². The first-order chi connectivity index (χ1) is 9.70. The van der Waals surface area contributed by atoms with Crippen molar-refractivity contribution >= 4 is 25.8 Å². The molecule has 0 aliphatic rings. The minimum absolute atomic E-state index is 0.293. The molecule has 1 unspecified atom stereocenters. The van der Waals surface area contributed by atoms with E-state index in [1.807, 2.05) is 32.0 Å². The highest BCUT2D eigenvalue weighted by atomic mass is 79.9. The van der Waals surface area contributed by atoms with Gasteiger partial charge in [-0.2, -0.15) is 0 Å². The van der Waals surface area contributed by atoms with E-state index in [0.29, 0.717) is 4.90 Å². The molecule has 0 aliphatic heterocycles. The minimum atomic E-state index is -3.23. The molecular formula is C16H18BrNO2S. The van der Waals surface area contributed by atoms with Crippen molar-refractivity contribution in [1.82, 2.24) is 0 Å². The summed E-state index contributed by atoms with van der Waals surface area (Å²) in [4.78, 5) is 0.293. The smallest absolute Gasteiger partial charge is 0.175 e. The molecule has 0 fully saturated rings. The highest BCUT2D eigenvalue weighted by Gasteiger charge is 2.15. The molecule has 2 rings (SSSR count). The first kappa shape index (κ1) is 16.2. The van der Waals surface area contributed by atoms with Crippen molar-refractivity contribution in [3.8, 4) is 0 Å². The van der Waals surface area contributed by atoms with E-state index in [9.17, 15) is 8.42 Å². The highest BCUT2D eigenvalue weighted by Crippen LogP contribution is 2.28. The quantitative estimate of drug-likeness (QED) is 0.902. The van der Waals surface area contributed by atoms with Crippen LogP contribution in [-0.2, 0) is 9.84 Å². The second-order valence-corrected chi connectivity index (χ2v) is 8.15. The number of nitrogens with two attached hydrogens (primary N) is 1. The van der Waals surface area contributed by atoms with Crippen LogP contribution in [0.4, 0.5) is 0 Å². The maximum absolute atomic E-state index is 11.7. The lowest BCUT2D eigenvalue weighted by atomic mass is 9.94. The van der Waals surface area contributed by atoms with E-state index in [4.69, 9.17) is 5.73 Å². The Morgan fingerprint density at radius 1 is 1.10 bits per heavy atom. The lowest BCUT2D eigenvalue weighted by Crippen LogP contribution is -2.14. The molecule has 2 aromatic rings. The Balaban J connectivity index is 2.50. The van der Waals surface area contributed by atoms with Crippen LogP contribution < -0.4 is 5.73 Å². The molecule has 2 N–H and O–H groups in total. The van der Waals surface area contributed by atoms with Crippen LogP contribution >= 0.6 is 15.9 Å². The van der Waals surface area contributed by atoms with Crippen LogP contribution in [0.3, 0.4) is 0 Å². The van der Waals surface area contributed by atoms with Gasteiger partial charge in [-0.3, -0.25) is 0 Å². The zero-order valence-corrected chi connectivity index (χ0v) is 14.6. The summed E-state index contributed by atoms with van der Waals surface area (Å²) < 4.78 is 24.4. The fraction of sp³-hybridized carbons (Fsp3) is 0.250. The predicted octanol–water partition coefficient (Wildman–Crippen LogP) is 3.52. The van der Waals surface area contributed by atoms with Gasteiger partial charge in [0.15, 0.2) is 9.84 Å². The number of hydrogen-bond acceptors (Lipinski definition) is 3. The van der Waals surface area contributed by atoms with Crippen LogP contribution in [0.5, 0.6) is 0 Å². The van der Waals surface area contributed by atoms with Gasteiger partial charge < -0.3 is 5.73 Å². The molecule has 0 saturated carbocycles. The summed E-state index contributed by atoms with van der Waals surface area (Å²) in [6, 6.07) is 10.5. The van der Waals surface area contributed by atoms with Gasteiger partial charge in [-0.25, -0.2) is 8.42 Å². The van der Waals surface area contributed by atoms with Crippen LogP contribution in [0.2, 0.25) is 0 Å². The lowest BCUT2D eigenvalue weighted by Gasteiger charge is -2.17. The molecule has 0 saturated heterocycles. The van der Waals surface area contributed by atoms with Crippen molar-refractivity contribution in [2.24, 2.45) is 5.73 Å². The summed E-state index contributed by atoms with van der Waals surface area (Å²) in [5, 5.41) is 0. The second-order valence-electron chi connectivity index (χ2n) is 5.28. The maximum Gasteiger partial charge on any atom is 0.175 e. The summed E-state index contributed by atoms with van der Waals surface area (Å²) in [5.41, 5.74) is 10.3. The molecule has 2 aromatic carbocycles. The van der Waals surface area contributed by atoms with E-state index in [1.165, 1.54) is 6.26 Å². The standard InChI is InChI=1S/C16H18BrNO2S/c1-10-8-15(17)11(2)7-14(10)16(18)12-5-4-6-13(9-12)21(3,19)20/h4-9,16H,18H2,1-3H3. The zero-order chi connectivity index (χ0) is 15.8. The Morgan fingerprint density at radius 2 is 1.76 bits per heavy atom. The van der Waals surface area contributed by atoms with Crippen molar-refractivity contribution in [3.05, 3.63) is 63.1 Å². The van der Waals surface area contributed by atoms with E-state index in [1.54, 1.807) is 18.2 Å². The van der Waals surface area contributed by atoms with Crippen LogP contribution in [0.1, 0.15) is 28.3 Å². The van der Waals surface area contributed by atoms with E-state index in [2.05, 4.69) is 15.9 Å². The Hall–Kier alpha value is -1.17. The minimum Gasteiger partial charge on any atom is -0.320 e. The van der Waals surface area contributed by atoms with Gasteiger partial charge in [-0.05, 0) is 54.3 Å². The van der Waals surface area contributed by atoms with Crippen LogP contribution in [-0.4, -0.2) is 14.7 Å². The van der Waals surface area contributed by atoms with Crippen molar-refractivity contribution < 1.29 is 8.42 Å². The molecule has 21 heavy (non-hydrogen) atoms. The molecule has 0 aromatic heterocycles. The number of rotatable bonds is 3. The molecule has 0 radical (unpaired) electrons. The third-order valence-corrected chi connectivity index (χ3v) is 5.49. The number of aryl methyl sites for hydroxylation is 2. The second kappa shape index (κ2) is 5.91. The average molecular weight is 368 g/mol. The molecule has 112 valence electrons. The molecule has 0 heterocycles. The monoisotopic (exact) mass is 367 g/mol. The van der Waals surface area contributed by atoms with E-state index < -0.39 is 9.84 Å². The Bertz CT molecular complexity index is 785. The first-order valence-electron chi connectivity index (χ1n) is 6.52. The average Bonchev–Trinajstić information content (AvgIpc) is 2.41. The van der Waals surface area contributed by atoms with E-state index >= 15 is 0 Å². The third-order valence-electron chi connectivity index (χ3n) is 3.53. The zero-order valence-electron chi connectivity index (χ0n) is 12.2. The molecule has 1 atom stereocenters. The largest absolute Gasteiger partial charge is 0.320 e. The number of halogens is 1. The van der Waals surface area contributed by atoms with Crippen molar-refractivity contribution in [2.45, 2.75) is 24.8 Å². The van der Waals surface area contributed by atoms with Gasteiger partial charge in [0.2, 0.25) is 0 Å². The summed E-state index contributed by atoms with van der Waals surface area (Å²) in [7, 11) is -3.23. The summed E-state index contributed by atoms with van der Waals surface area (Å²) in [5.74, 6) is 0. The van der Waals surface area contributed by atoms with Crippen LogP contribution in [0.25, 0.3) is 0 Å². The van der Waals surface area contributed by atoms with E-state index in [0.717, 1.165) is 26.7 Å². The summed E-state index contributed by atoms with van der Waals surface area (Å²) in [6.07, 6.45) is 1.20. The van der Waals surface area contributed by atoms with Gasteiger partial charge in [-0.1, -0.05) is 34.1 Å². The highest BCUT2D eigenvalue weighted by molar-refractivity contribution is 9.10. The van der Waals surface area contributed by atoms with Gasteiger partial charge in [-0.15, -0.1) is 0 Å². The van der Waals surface area contributed by atoms with Gasteiger partial charge >= 0.3 is 0 Å². The molecule has 0 bridgehead atoms. The molecule has 5 heteroatoms. The first-order valence-corrected chi connectivity index (χ1v) is 9.21. The Morgan fingerprint density at radius 3 is 2.38 bits per heavy atom. The number of sulfone groups is 1. The molecule has 0 spiro atoms. The molecule has 0 aliphatic carbocycles. The van der Waals surface area contributed by atoms with Crippen molar-refractivity contribution in [2.75, 3.05) is 6.26 Å². The van der Waals surface area contributed by atoms with Crippen LogP contribution in [0.15, 0.2) is 45.8 Å². The topological polar surface area (TPSA) is 60.2 Å². The number of benzene rings is 2. The van der Waals surface area contributed by atoms with Crippen molar-refractivity contribution in [3.63, 3.8) is 0 Å². The normalized spacial score (nSPS) is 13.2. The lowest BCUT2D eigenvalue weighted by molar-refractivity contribution is 0.601. The summed E-state index contributed by atoms with van der Waals surface area (Å²) >= 11 is 3.50.